The molecule has 1 heterocycles. The van der Waals surface area contributed by atoms with E-state index in [1.54, 1.807) is 0 Å². The predicted octanol–water partition coefficient (Wildman–Crippen LogP) is 1.65. The summed E-state index contributed by atoms with van der Waals surface area (Å²) in [7, 11) is 0. The highest BCUT2D eigenvalue weighted by atomic mass is 19.4. The van der Waals surface area contributed by atoms with Crippen molar-refractivity contribution in [2.45, 2.75) is 13.0 Å². The van der Waals surface area contributed by atoms with Crippen molar-refractivity contribution in [3.63, 3.8) is 0 Å². The van der Waals surface area contributed by atoms with Gasteiger partial charge in [-0.25, -0.2) is 4.39 Å². The molecule has 0 aliphatic rings. The lowest BCUT2D eigenvalue weighted by Gasteiger charge is -2.10. The molecule has 0 aliphatic heterocycles. The van der Waals surface area contributed by atoms with Gasteiger partial charge in [0.05, 0.1) is 16.8 Å². The zero-order chi connectivity index (χ0) is 13.2. The molecule has 1 rings (SSSR count). The number of ether oxygens (including phenoxy) is 1. The van der Waals surface area contributed by atoms with Crippen LogP contribution in [0, 0.1) is 10.1 Å². The number of alkyl halides is 4. The molecule has 0 spiro atoms. The maximum atomic E-state index is 12.3. The van der Waals surface area contributed by atoms with Crippen molar-refractivity contribution in [2.24, 2.45) is 0 Å². The molecule has 1 aromatic rings. The number of rotatable bonds is 3. The highest BCUT2D eigenvalue weighted by Crippen LogP contribution is 2.24. The van der Waals surface area contributed by atoms with Crippen LogP contribution in [0.3, 0.4) is 0 Å². The van der Waals surface area contributed by atoms with Crippen LogP contribution in [0.5, 0.6) is 5.75 Å². The maximum absolute atomic E-state index is 12.3. The van der Waals surface area contributed by atoms with Gasteiger partial charge in [0.2, 0.25) is 5.75 Å². The molecule has 17 heavy (non-hydrogen) atoms. The van der Waals surface area contributed by atoms with Crippen LogP contribution in [0.25, 0.3) is 0 Å². The van der Waals surface area contributed by atoms with E-state index in [9.17, 15) is 32.5 Å². The van der Waals surface area contributed by atoms with E-state index in [-0.39, 0.29) is 0 Å². The minimum atomic E-state index is -5.24. The topological polar surface area (TPSA) is 85.2 Å². The first-order chi connectivity index (χ1) is 7.76. The number of nitrogens with zero attached hydrogens (tertiary/aromatic N) is 1. The Labute approximate surface area is 90.0 Å². The Morgan fingerprint density at radius 2 is 2.06 bits per heavy atom. The minimum Gasteiger partial charge on any atom is -0.399 e. The van der Waals surface area contributed by atoms with E-state index in [0.717, 1.165) is 0 Å². The fourth-order valence-corrected chi connectivity index (χ4v) is 0.998. The van der Waals surface area contributed by atoms with Crippen LogP contribution in [0.15, 0.2) is 11.0 Å². The number of nitro groups is 1. The van der Waals surface area contributed by atoms with Gasteiger partial charge in [0.15, 0.2) is 0 Å². The molecule has 1 aromatic heterocycles. The van der Waals surface area contributed by atoms with Gasteiger partial charge in [-0.1, -0.05) is 0 Å². The van der Waals surface area contributed by atoms with Gasteiger partial charge in [-0.3, -0.25) is 14.9 Å². The van der Waals surface area contributed by atoms with Crippen molar-refractivity contribution in [1.82, 2.24) is 4.98 Å². The fraction of sp³-hybridized carbons (Fsp3) is 0.286. The highest BCUT2D eigenvalue weighted by molar-refractivity contribution is 5.39. The van der Waals surface area contributed by atoms with Gasteiger partial charge >= 0.3 is 17.5 Å². The summed E-state index contributed by atoms with van der Waals surface area (Å²) in [6.07, 6.45) is -4.74. The molecule has 0 saturated heterocycles. The first-order valence-corrected chi connectivity index (χ1v) is 3.97. The summed E-state index contributed by atoms with van der Waals surface area (Å²) in [6.45, 7) is -1.46. The second-order valence-corrected chi connectivity index (χ2v) is 2.75. The Morgan fingerprint density at radius 1 is 1.47 bits per heavy atom. The summed E-state index contributed by atoms with van der Waals surface area (Å²) in [5.74, 6) is -1.46. The summed E-state index contributed by atoms with van der Waals surface area (Å²) in [5, 5.41) is 10.3. The Kier molecular flexibility index (Phi) is 3.34. The normalized spacial score (nSPS) is 11.3. The lowest BCUT2D eigenvalue weighted by atomic mass is 10.3. The van der Waals surface area contributed by atoms with E-state index in [0.29, 0.717) is 6.20 Å². The van der Waals surface area contributed by atoms with Crippen molar-refractivity contribution in [3.05, 3.63) is 32.2 Å². The molecule has 0 bridgehead atoms. The molecular weight excluding hydrogens is 252 g/mol. The first-order valence-electron chi connectivity index (χ1n) is 3.97. The summed E-state index contributed by atoms with van der Waals surface area (Å²) >= 11 is 0. The number of H-pyrrole nitrogens is 1. The lowest BCUT2D eigenvalue weighted by molar-refractivity contribution is -0.386. The molecule has 0 aliphatic carbocycles. The highest BCUT2D eigenvalue weighted by Gasteiger charge is 2.35. The average Bonchev–Trinajstić information content (AvgIpc) is 2.18. The predicted molar refractivity (Wildman–Crippen MR) is 45.2 cm³/mol. The summed E-state index contributed by atoms with van der Waals surface area (Å²) < 4.78 is 51.3. The molecule has 0 saturated carbocycles. The molecule has 10 heteroatoms. The molecule has 0 radical (unpaired) electrons. The molecule has 0 atom stereocenters. The molecule has 0 fully saturated rings. The summed E-state index contributed by atoms with van der Waals surface area (Å²) in [6, 6.07) is 0. The van der Waals surface area contributed by atoms with Crippen molar-refractivity contribution in [2.75, 3.05) is 0 Å². The molecule has 1 N–H and O–H groups in total. The second-order valence-electron chi connectivity index (χ2n) is 2.75. The Balaban J connectivity index is 3.38. The van der Waals surface area contributed by atoms with Gasteiger partial charge in [0, 0.05) is 0 Å². The average molecular weight is 256 g/mol. The Hall–Kier alpha value is -2.13. The van der Waals surface area contributed by atoms with E-state index in [2.05, 4.69) is 4.74 Å². The summed E-state index contributed by atoms with van der Waals surface area (Å²) in [5.41, 5.74) is -3.63. The van der Waals surface area contributed by atoms with E-state index in [1.165, 1.54) is 0 Å². The standard InChI is InChI=1S/C7H4F4N2O4/c8-1-3-6(17-7(9,10)11)5(14)4(2-12-3)13(15)16/h2H,1H2,(H,12,14). The molecule has 94 valence electrons. The molecule has 0 amide bonds. The SMILES string of the molecule is O=c1c([N+](=O)[O-])c[nH]c(CF)c1OC(F)(F)F. The number of aromatic nitrogens is 1. The van der Waals surface area contributed by atoms with E-state index >= 15 is 0 Å². The van der Waals surface area contributed by atoms with Gasteiger partial charge in [-0.15, -0.1) is 13.2 Å². The first kappa shape index (κ1) is 12.9. The van der Waals surface area contributed by atoms with Gasteiger partial charge in [0.1, 0.15) is 6.67 Å². The smallest absolute Gasteiger partial charge is 0.399 e. The number of hydrogen-bond acceptors (Lipinski definition) is 4. The van der Waals surface area contributed by atoms with Crippen molar-refractivity contribution in [1.29, 1.82) is 0 Å². The number of pyridine rings is 1. The third-order valence-corrected chi connectivity index (χ3v) is 1.64. The van der Waals surface area contributed by atoms with Crippen LogP contribution in [-0.2, 0) is 6.67 Å². The number of aromatic amines is 1. The zero-order valence-corrected chi connectivity index (χ0v) is 7.88. The second kappa shape index (κ2) is 4.39. The maximum Gasteiger partial charge on any atom is 0.573 e. The van der Waals surface area contributed by atoms with Gasteiger partial charge in [-0.2, -0.15) is 0 Å². The van der Waals surface area contributed by atoms with Crippen LogP contribution in [0.1, 0.15) is 5.69 Å². The van der Waals surface area contributed by atoms with Crippen LogP contribution >= 0.6 is 0 Å². The van der Waals surface area contributed by atoms with E-state index in [4.69, 9.17) is 0 Å². The summed E-state index contributed by atoms with van der Waals surface area (Å²) in [4.78, 5) is 22.2. The third-order valence-electron chi connectivity index (χ3n) is 1.64. The number of nitrogens with one attached hydrogen (secondary N) is 1. The van der Waals surface area contributed by atoms with E-state index in [1.807, 2.05) is 4.98 Å². The van der Waals surface area contributed by atoms with Gasteiger partial charge in [-0.05, 0) is 0 Å². The number of halogens is 4. The van der Waals surface area contributed by atoms with Crippen LogP contribution in [0.2, 0.25) is 0 Å². The van der Waals surface area contributed by atoms with Crippen molar-refractivity contribution in [3.8, 4) is 5.75 Å². The lowest BCUT2D eigenvalue weighted by Crippen LogP contribution is -2.24. The third kappa shape index (κ3) is 2.92. The van der Waals surface area contributed by atoms with Gasteiger partial charge < -0.3 is 9.72 Å². The quantitative estimate of drug-likeness (QED) is 0.506. The van der Waals surface area contributed by atoms with Crippen molar-refractivity contribution >= 4 is 5.69 Å². The fourth-order valence-electron chi connectivity index (χ4n) is 0.998. The monoisotopic (exact) mass is 256 g/mol. The molecule has 6 nitrogen and oxygen atoms in total. The Morgan fingerprint density at radius 3 is 2.47 bits per heavy atom. The van der Waals surface area contributed by atoms with E-state index < -0.39 is 40.5 Å². The molecule has 0 unspecified atom stereocenters. The van der Waals surface area contributed by atoms with Crippen LogP contribution in [0.4, 0.5) is 23.2 Å². The zero-order valence-electron chi connectivity index (χ0n) is 7.88. The number of hydrogen-bond donors (Lipinski definition) is 1. The van der Waals surface area contributed by atoms with Gasteiger partial charge in [0.25, 0.3) is 0 Å². The van der Waals surface area contributed by atoms with Crippen LogP contribution < -0.4 is 10.2 Å². The largest absolute Gasteiger partial charge is 0.573 e. The Bertz CT molecular complexity index is 496. The van der Waals surface area contributed by atoms with Crippen molar-refractivity contribution < 1.29 is 27.2 Å². The van der Waals surface area contributed by atoms with Crippen LogP contribution in [-0.4, -0.2) is 16.3 Å². The minimum absolute atomic E-state index is 0.500. The molecule has 0 aromatic carbocycles. The molecular formula is C7H4F4N2O4.